The zero-order chi connectivity index (χ0) is 21.1. The molecule has 0 aliphatic rings. The van der Waals surface area contributed by atoms with Crippen LogP contribution >= 0.6 is 0 Å². The molecule has 0 bridgehead atoms. The number of benzene rings is 1. The summed E-state index contributed by atoms with van der Waals surface area (Å²) in [7, 11) is 3.25. The van der Waals surface area contributed by atoms with Gasteiger partial charge in [-0.05, 0) is 60.7 Å². The first kappa shape index (κ1) is 19.9. The summed E-state index contributed by atoms with van der Waals surface area (Å²) in [6, 6.07) is 11.5. The van der Waals surface area contributed by atoms with Gasteiger partial charge in [-0.1, -0.05) is 6.07 Å². The lowest BCUT2D eigenvalue weighted by atomic mass is 10.0. The Balaban J connectivity index is 1.49. The minimum atomic E-state index is -0.425. The SMILES string of the molecule is COc1cc(CCc2ccc(Cc3c[nH]c4ncc(C)cc34)c(F)n2)cc(OC)c1. The van der Waals surface area contributed by atoms with Crippen molar-refractivity contribution in [3.05, 3.63) is 82.7 Å². The Morgan fingerprint density at radius 3 is 2.43 bits per heavy atom. The van der Waals surface area contributed by atoms with Gasteiger partial charge >= 0.3 is 0 Å². The summed E-state index contributed by atoms with van der Waals surface area (Å²) >= 11 is 0. The third-order valence-corrected chi connectivity index (χ3v) is 5.20. The van der Waals surface area contributed by atoms with Crippen molar-refractivity contribution in [1.29, 1.82) is 0 Å². The van der Waals surface area contributed by atoms with E-state index in [0.29, 0.717) is 24.8 Å². The largest absolute Gasteiger partial charge is 0.497 e. The van der Waals surface area contributed by atoms with Gasteiger partial charge in [0.2, 0.25) is 5.95 Å². The van der Waals surface area contributed by atoms with Gasteiger partial charge in [0.15, 0.2) is 0 Å². The Morgan fingerprint density at radius 1 is 0.967 bits per heavy atom. The van der Waals surface area contributed by atoms with Crippen LogP contribution in [0.2, 0.25) is 0 Å². The van der Waals surface area contributed by atoms with Crippen molar-refractivity contribution in [2.24, 2.45) is 0 Å². The van der Waals surface area contributed by atoms with Crippen molar-refractivity contribution < 1.29 is 13.9 Å². The predicted octanol–water partition coefficient (Wildman–Crippen LogP) is 4.80. The molecule has 4 aromatic rings. The van der Waals surface area contributed by atoms with E-state index in [2.05, 4.69) is 21.0 Å². The lowest BCUT2D eigenvalue weighted by molar-refractivity contribution is 0.393. The highest BCUT2D eigenvalue weighted by molar-refractivity contribution is 5.80. The maximum Gasteiger partial charge on any atom is 0.216 e. The molecule has 0 unspecified atom stereocenters. The van der Waals surface area contributed by atoms with E-state index in [1.165, 1.54) is 0 Å². The van der Waals surface area contributed by atoms with Crippen LogP contribution in [0.15, 0.2) is 48.8 Å². The highest BCUT2D eigenvalue weighted by atomic mass is 19.1. The molecule has 3 heterocycles. The van der Waals surface area contributed by atoms with Crippen molar-refractivity contribution in [2.75, 3.05) is 14.2 Å². The van der Waals surface area contributed by atoms with Gasteiger partial charge in [0.1, 0.15) is 17.1 Å². The summed E-state index contributed by atoms with van der Waals surface area (Å²) in [6.45, 7) is 2.00. The molecule has 0 radical (unpaired) electrons. The number of ether oxygens (including phenoxy) is 2. The van der Waals surface area contributed by atoms with Gasteiger partial charge in [-0.15, -0.1) is 0 Å². The minimum absolute atomic E-state index is 0.425. The number of hydrogen-bond acceptors (Lipinski definition) is 4. The average molecular weight is 405 g/mol. The van der Waals surface area contributed by atoms with Gasteiger partial charge in [-0.2, -0.15) is 4.39 Å². The Labute approximate surface area is 174 Å². The lowest BCUT2D eigenvalue weighted by Crippen LogP contribution is -2.01. The third kappa shape index (κ3) is 4.27. The number of hydrogen-bond donors (Lipinski definition) is 1. The van der Waals surface area contributed by atoms with Crippen LogP contribution in [-0.4, -0.2) is 29.2 Å². The molecule has 1 N–H and O–H groups in total. The van der Waals surface area contributed by atoms with E-state index in [0.717, 1.165) is 44.9 Å². The molecule has 0 aliphatic carbocycles. The van der Waals surface area contributed by atoms with Crippen LogP contribution in [0.5, 0.6) is 11.5 Å². The van der Waals surface area contributed by atoms with Gasteiger partial charge in [0.25, 0.3) is 0 Å². The van der Waals surface area contributed by atoms with Gasteiger partial charge in [0.05, 0.1) is 14.2 Å². The molecule has 0 aliphatic heterocycles. The minimum Gasteiger partial charge on any atom is -0.497 e. The normalized spacial score (nSPS) is 11.1. The van der Waals surface area contributed by atoms with Gasteiger partial charge < -0.3 is 14.5 Å². The van der Waals surface area contributed by atoms with Gasteiger partial charge in [-0.3, -0.25) is 0 Å². The number of methoxy groups -OCH3 is 2. The zero-order valence-corrected chi connectivity index (χ0v) is 17.3. The molecule has 0 amide bonds. The summed E-state index contributed by atoms with van der Waals surface area (Å²) in [5, 5.41) is 1.02. The highest BCUT2D eigenvalue weighted by Crippen LogP contribution is 2.24. The molecular formula is C24H24FN3O2. The molecule has 0 spiro atoms. The molecule has 1 aromatic carbocycles. The second-order valence-electron chi connectivity index (χ2n) is 7.37. The Morgan fingerprint density at radius 2 is 1.73 bits per heavy atom. The second kappa shape index (κ2) is 8.53. The molecule has 0 saturated heterocycles. The van der Waals surface area contributed by atoms with E-state index in [1.807, 2.05) is 49.6 Å². The lowest BCUT2D eigenvalue weighted by Gasteiger charge is -2.09. The van der Waals surface area contributed by atoms with Crippen LogP contribution in [0.3, 0.4) is 0 Å². The molecule has 0 saturated carbocycles. The van der Waals surface area contributed by atoms with Crippen LogP contribution < -0.4 is 9.47 Å². The first-order valence-corrected chi connectivity index (χ1v) is 9.84. The fraction of sp³-hybridized carbons (Fsp3) is 0.250. The van der Waals surface area contributed by atoms with E-state index in [9.17, 15) is 4.39 Å². The van der Waals surface area contributed by atoms with Crippen molar-refractivity contribution in [3.63, 3.8) is 0 Å². The van der Waals surface area contributed by atoms with E-state index < -0.39 is 5.95 Å². The van der Waals surface area contributed by atoms with Crippen molar-refractivity contribution in [3.8, 4) is 11.5 Å². The Hall–Kier alpha value is -3.41. The van der Waals surface area contributed by atoms with Crippen LogP contribution in [0.25, 0.3) is 11.0 Å². The molecule has 4 rings (SSSR count). The fourth-order valence-electron chi connectivity index (χ4n) is 3.57. The maximum atomic E-state index is 14.7. The Kier molecular flexibility index (Phi) is 5.65. The first-order valence-electron chi connectivity index (χ1n) is 9.84. The van der Waals surface area contributed by atoms with Gasteiger partial charge in [0, 0.05) is 41.5 Å². The van der Waals surface area contributed by atoms with Crippen molar-refractivity contribution in [1.82, 2.24) is 15.0 Å². The van der Waals surface area contributed by atoms with E-state index >= 15 is 0 Å². The van der Waals surface area contributed by atoms with Crippen LogP contribution in [-0.2, 0) is 19.3 Å². The fourth-order valence-corrected chi connectivity index (χ4v) is 3.57. The molecule has 154 valence electrons. The quantitative estimate of drug-likeness (QED) is 0.449. The maximum absolute atomic E-state index is 14.7. The highest BCUT2D eigenvalue weighted by Gasteiger charge is 2.11. The van der Waals surface area contributed by atoms with Crippen molar-refractivity contribution in [2.45, 2.75) is 26.2 Å². The zero-order valence-electron chi connectivity index (χ0n) is 17.3. The molecule has 6 heteroatoms. The van der Waals surface area contributed by atoms with Crippen LogP contribution in [0, 0.1) is 12.9 Å². The molecule has 0 fully saturated rings. The number of aromatic nitrogens is 3. The van der Waals surface area contributed by atoms with E-state index in [4.69, 9.17) is 9.47 Å². The monoisotopic (exact) mass is 405 g/mol. The summed E-state index contributed by atoms with van der Waals surface area (Å²) in [5.74, 6) is 1.05. The number of aromatic amines is 1. The molecule has 3 aromatic heterocycles. The second-order valence-corrected chi connectivity index (χ2v) is 7.37. The number of halogens is 1. The third-order valence-electron chi connectivity index (χ3n) is 5.20. The number of pyridine rings is 2. The van der Waals surface area contributed by atoms with Crippen molar-refractivity contribution >= 4 is 11.0 Å². The average Bonchev–Trinajstić information content (AvgIpc) is 3.15. The molecule has 0 atom stereocenters. The number of H-pyrrole nitrogens is 1. The van der Waals surface area contributed by atoms with Crippen LogP contribution in [0.1, 0.15) is 27.9 Å². The summed E-state index contributed by atoms with van der Waals surface area (Å²) in [5.41, 5.74) is 5.25. The number of nitrogens with one attached hydrogen (secondary N) is 1. The number of nitrogens with zero attached hydrogens (tertiary/aromatic N) is 2. The number of aryl methyl sites for hydroxylation is 3. The molecular weight excluding hydrogens is 381 g/mol. The van der Waals surface area contributed by atoms with E-state index in [1.54, 1.807) is 14.2 Å². The standard InChI is InChI=1S/C24H24FN3O2/c1-15-8-22-18(14-27-24(22)26-13-15)11-17-5-7-19(28-23(17)25)6-4-16-9-20(29-2)12-21(10-16)30-3/h5,7-10,12-14H,4,6,11H2,1-3H3,(H,26,27). The first-order chi connectivity index (χ1) is 14.6. The summed E-state index contributed by atoms with van der Waals surface area (Å²) < 4.78 is 25.3. The topological polar surface area (TPSA) is 60.0 Å². The Bertz CT molecular complexity index is 1160. The predicted molar refractivity (Wildman–Crippen MR) is 115 cm³/mol. The van der Waals surface area contributed by atoms with Gasteiger partial charge in [-0.25, -0.2) is 9.97 Å². The molecule has 5 nitrogen and oxygen atoms in total. The van der Waals surface area contributed by atoms with Crippen LogP contribution in [0.4, 0.5) is 4.39 Å². The summed E-state index contributed by atoms with van der Waals surface area (Å²) in [4.78, 5) is 11.7. The molecule has 30 heavy (non-hydrogen) atoms. The number of fused-ring (bicyclic) bond motifs is 1. The summed E-state index contributed by atoms with van der Waals surface area (Å²) in [6.07, 6.45) is 5.52. The van der Waals surface area contributed by atoms with E-state index in [-0.39, 0.29) is 0 Å². The number of rotatable bonds is 7. The smallest absolute Gasteiger partial charge is 0.216 e.